The van der Waals surface area contributed by atoms with Gasteiger partial charge in [-0.05, 0) is 32.1 Å². The fraction of sp³-hybridized carbons (Fsp3) is 0.667. The summed E-state index contributed by atoms with van der Waals surface area (Å²) in [4.78, 5) is 14.2. The number of nitrogen functional groups attached to an aromatic ring is 1. The molecule has 1 amide bonds. The number of hydrogen-bond acceptors (Lipinski definition) is 3. The van der Waals surface area contributed by atoms with Crippen LogP contribution in [0.3, 0.4) is 0 Å². The van der Waals surface area contributed by atoms with Crippen molar-refractivity contribution in [1.29, 1.82) is 0 Å². The lowest BCUT2D eigenvalue weighted by atomic mass is 10.0. The Morgan fingerprint density at radius 1 is 1.47 bits per heavy atom. The lowest BCUT2D eigenvalue weighted by molar-refractivity contribution is 0.0761. The summed E-state index contributed by atoms with van der Waals surface area (Å²) in [5.41, 5.74) is 7.02. The summed E-state index contributed by atoms with van der Waals surface area (Å²) >= 11 is 0. The Morgan fingerprint density at radius 3 is 2.88 bits per heavy atom. The van der Waals surface area contributed by atoms with Crippen molar-refractivity contribution in [2.45, 2.75) is 33.1 Å². The van der Waals surface area contributed by atoms with Crippen LogP contribution in [0.25, 0.3) is 0 Å². The summed E-state index contributed by atoms with van der Waals surface area (Å²) in [6.07, 6.45) is 3.34. The van der Waals surface area contributed by atoms with E-state index in [1.807, 2.05) is 11.8 Å². The third kappa shape index (κ3) is 2.43. The van der Waals surface area contributed by atoms with Crippen LogP contribution in [0.15, 0.2) is 0 Å². The van der Waals surface area contributed by atoms with Gasteiger partial charge < -0.3 is 10.6 Å². The molecular weight excluding hydrogens is 216 g/mol. The van der Waals surface area contributed by atoms with Crippen molar-refractivity contribution < 1.29 is 4.79 Å². The molecule has 5 heteroatoms. The monoisotopic (exact) mass is 236 g/mol. The van der Waals surface area contributed by atoms with E-state index in [0.717, 1.165) is 31.6 Å². The highest BCUT2D eigenvalue weighted by Crippen LogP contribution is 2.21. The van der Waals surface area contributed by atoms with E-state index < -0.39 is 0 Å². The second-order valence-electron chi connectivity index (χ2n) is 4.94. The van der Waals surface area contributed by atoms with Crippen LogP contribution in [0.5, 0.6) is 0 Å². The highest BCUT2D eigenvalue weighted by atomic mass is 16.2. The zero-order chi connectivity index (χ0) is 12.4. The van der Waals surface area contributed by atoms with Crippen molar-refractivity contribution in [3.8, 4) is 0 Å². The molecule has 1 aliphatic heterocycles. The number of nitrogens with one attached hydrogen (secondary N) is 1. The maximum Gasteiger partial charge on any atom is 0.259 e. The first-order chi connectivity index (χ1) is 8.09. The molecule has 0 aromatic carbocycles. The van der Waals surface area contributed by atoms with E-state index in [2.05, 4.69) is 17.1 Å². The third-order valence-electron chi connectivity index (χ3n) is 3.49. The molecule has 1 aliphatic rings. The average molecular weight is 236 g/mol. The van der Waals surface area contributed by atoms with E-state index in [1.54, 1.807) is 0 Å². The average Bonchev–Trinajstić information content (AvgIpc) is 2.51. The van der Waals surface area contributed by atoms with E-state index in [4.69, 9.17) is 5.73 Å². The minimum absolute atomic E-state index is 0.0165. The number of likely N-dealkylation sites (tertiary alicyclic amines) is 1. The molecular formula is C12H20N4O. The van der Waals surface area contributed by atoms with Gasteiger partial charge in [-0.25, -0.2) is 0 Å². The van der Waals surface area contributed by atoms with Gasteiger partial charge in [-0.15, -0.1) is 0 Å². The summed E-state index contributed by atoms with van der Waals surface area (Å²) in [7, 11) is 0. The van der Waals surface area contributed by atoms with Crippen LogP contribution in [0.4, 0.5) is 5.82 Å². The largest absolute Gasteiger partial charge is 0.382 e. The maximum atomic E-state index is 12.3. The Labute approximate surface area is 101 Å². The molecule has 0 saturated carbocycles. The molecule has 1 atom stereocenters. The number of H-pyrrole nitrogens is 1. The molecule has 1 fully saturated rings. The number of aromatic nitrogens is 2. The third-order valence-corrected chi connectivity index (χ3v) is 3.49. The quantitative estimate of drug-likeness (QED) is 0.777. The van der Waals surface area contributed by atoms with E-state index in [-0.39, 0.29) is 5.91 Å². The molecule has 1 unspecified atom stereocenters. The Bertz CT molecular complexity index is 393. The number of aromatic amines is 1. The molecule has 2 heterocycles. The summed E-state index contributed by atoms with van der Waals surface area (Å²) in [6, 6.07) is 0. The van der Waals surface area contributed by atoms with Gasteiger partial charge in [0, 0.05) is 18.8 Å². The van der Waals surface area contributed by atoms with Gasteiger partial charge >= 0.3 is 0 Å². The topological polar surface area (TPSA) is 75.0 Å². The molecule has 0 spiro atoms. The molecule has 0 bridgehead atoms. The Morgan fingerprint density at radius 2 is 2.24 bits per heavy atom. The normalized spacial score (nSPS) is 21.3. The van der Waals surface area contributed by atoms with Gasteiger partial charge in [0.2, 0.25) is 0 Å². The van der Waals surface area contributed by atoms with E-state index in [1.165, 1.54) is 6.42 Å². The van der Waals surface area contributed by atoms with Gasteiger partial charge in [0.15, 0.2) is 5.82 Å². The van der Waals surface area contributed by atoms with Crippen LogP contribution in [0.2, 0.25) is 0 Å². The van der Waals surface area contributed by atoms with Gasteiger partial charge in [-0.1, -0.05) is 6.92 Å². The number of carbonyl (C=O) groups excluding carboxylic acids is 1. The number of rotatable bonds is 1. The van der Waals surface area contributed by atoms with E-state index in [0.29, 0.717) is 17.3 Å². The van der Waals surface area contributed by atoms with Gasteiger partial charge in [-0.3, -0.25) is 9.89 Å². The number of hydrogen-bond donors (Lipinski definition) is 2. The van der Waals surface area contributed by atoms with E-state index in [9.17, 15) is 4.79 Å². The first kappa shape index (κ1) is 12.0. The van der Waals surface area contributed by atoms with Gasteiger partial charge in [-0.2, -0.15) is 5.10 Å². The Hall–Kier alpha value is -1.52. The first-order valence-electron chi connectivity index (χ1n) is 6.19. The highest BCUT2D eigenvalue weighted by molar-refractivity contribution is 5.99. The summed E-state index contributed by atoms with van der Waals surface area (Å²) in [5.74, 6) is 1.03. The molecule has 5 nitrogen and oxygen atoms in total. The van der Waals surface area contributed by atoms with Crippen molar-refractivity contribution >= 4 is 11.7 Å². The fourth-order valence-electron chi connectivity index (χ4n) is 2.34. The number of carbonyl (C=O) groups is 1. The van der Waals surface area contributed by atoms with Crippen LogP contribution >= 0.6 is 0 Å². The molecule has 1 aromatic heterocycles. The van der Waals surface area contributed by atoms with Gasteiger partial charge in [0.05, 0.1) is 0 Å². The number of amides is 1. The predicted octanol–water partition coefficient (Wildman–Crippen LogP) is 1.56. The first-order valence-corrected chi connectivity index (χ1v) is 6.19. The predicted molar refractivity (Wildman–Crippen MR) is 66.7 cm³/mol. The van der Waals surface area contributed by atoms with Crippen LogP contribution in [-0.4, -0.2) is 34.1 Å². The zero-order valence-corrected chi connectivity index (χ0v) is 10.5. The lowest BCUT2D eigenvalue weighted by Crippen LogP contribution is -2.32. The smallest absolute Gasteiger partial charge is 0.259 e. The lowest BCUT2D eigenvalue weighted by Gasteiger charge is -2.20. The van der Waals surface area contributed by atoms with Crippen LogP contribution in [0.1, 0.15) is 42.2 Å². The SMILES string of the molecule is Cc1[nH]nc(N)c1C(=O)N1CCCC(C)CC1. The molecule has 94 valence electrons. The minimum atomic E-state index is 0.0165. The molecule has 0 aliphatic carbocycles. The Kier molecular flexibility index (Phi) is 3.36. The highest BCUT2D eigenvalue weighted by Gasteiger charge is 2.24. The second-order valence-corrected chi connectivity index (χ2v) is 4.94. The standard InChI is InChI=1S/C12H20N4O/c1-8-4-3-6-16(7-5-8)12(17)10-9(2)14-15-11(10)13/h8H,3-7H2,1-2H3,(H3,13,14,15). The molecule has 3 N–H and O–H groups in total. The number of aryl methyl sites for hydroxylation is 1. The van der Waals surface area contributed by atoms with Crippen LogP contribution < -0.4 is 5.73 Å². The van der Waals surface area contributed by atoms with Gasteiger partial charge in [0.25, 0.3) is 5.91 Å². The van der Waals surface area contributed by atoms with Crippen molar-refractivity contribution in [2.24, 2.45) is 5.92 Å². The second kappa shape index (κ2) is 4.77. The molecule has 2 rings (SSSR count). The number of nitrogens with two attached hydrogens (primary N) is 1. The van der Waals surface area contributed by atoms with Crippen molar-refractivity contribution in [1.82, 2.24) is 15.1 Å². The zero-order valence-electron chi connectivity index (χ0n) is 10.5. The Balaban J connectivity index is 2.14. The minimum Gasteiger partial charge on any atom is -0.382 e. The van der Waals surface area contributed by atoms with Gasteiger partial charge in [0.1, 0.15) is 5.56 Å². The van der Waals surface area contributed by atoms with Crippen molar-refractivity contribution in [3.63, 3.8) is 0 Å². The summed E-state index contributed by atoms with van der Waals surface area (Å²) in [6.45, 7) is 5.72. The molecule has 1 aromatic rings. The molecule has 1 saturated heterocycles. The number of nitrogens with zero attached hydrogens (tertiary/aromatic N) is 2. The number of anilines is 1. The fourth-order valence-corrected chi connectivity index (χ4v) is 2.34. The van der Waals surface area contributed by atoms with E-state index >= 15 is 0 Å². The van der Waals surface area contributed by atoms with Crippen molar-refractivity contribution in [3.05, 3.63) is 11.3 Å². The van der Waals surface area contributed by atoms with Crippen LogP contribution in [-0.2, 0) is 0 Å². The molecule has 17 heavy (non-hydrogen) atoms. The summed E-state index contributed by atoms with van der Waals surface area (Å²) in [5, 5.41) is 6.63. The summed E-state index contributed by atoms with van der Waals surface area (Å²) < 4.78 is 0. The van der Waals surface area contributed by atoms with Crippen molar-refractivity contribution in [2.75, 3.05) is 18.8 Å². The maximum absolute atomic E-state index is 12.3. The molecule has 0 radical (unpaired) electrons. The van der Waals surface area contributed by atoms with Crippen LogP contribution in [0, 0.1) is 12.8 Å².